The molecule has 1 unspecified atom stereocenters. The van der Waals surface area contributed by atoms with E-state index in [0.717, 1.165) is 19.4 Å². The highest BCUT2D eigenvalue weighted by Crippen LogP contribution is 2.12. The Balaban J connectivity index is 1.82. The van der Waals surface area contributed by atoms with Crippen molar-refractivity contribution in [1.82, 2.24) is 10.2 Å². The van der Waals surface area contributed by atoms with Crippen LogP contribution in [0.5, 0.6) is 0 Å². The summed E-state index contributed by atoms with van der Waals surface area (Å²) in [6, 6.07) is 6.87. The van der Waals surface area contributed by atoms with E-state index in [4.69, 9.17) is 4.74 Å². The highest BCUT2D eigenvalue weighted by Gasteiger charge is 2.16. The highest BCUT2D eigenvalue weighted by molar-refractivity contribution is 5.96. The number of nitrogens with one attached hydrogen (secondary N) is 2. The molecule has 1 heterocycles. The molecule has 2 amide bonds. The summed E-state index contributed by atoms with van der Waals surface area (Å²) in [5, 5.41) is 5.65. The number of anilines is 1. The van der Waals surface area contributed by atoms with Crippen LogP contribution in [0.25, 0.3) is 0 Å². The van der Waals surface area contributed by atoms with Gasteiger partial charge in [0.05, 0.1) is 12.6 Å². The molecule has 22 heavy (non-hydrogen) atoms. The largest absolute Gasteiger partial charge is 0.376 e. The summed E-state index contributed by atoms with van der Waals surface area (Å²) in [5.41, 5.74) is 1.26. The lowest BCUT2D eigenvalue weighted by Crippen LogP contribution is -2.31. The summed E-state index contributed by atoms with van der Waals surface area (Å²) in [6.07, 6.45) is 2.19. The lowest BCUT2D eigenvalue weighted by atomic mass is 10.2. The highest BCUT2D eigenvalue weighted by atomic mass is 16.5. The van der Waals surface area contributed by atoms with Crippen molar-refractivity contribution in [2.75, 3.05) is 39.1 Å². The number of amides is 2. The molecule has 2 rings (SSSR count). The van der Waals surface area contributed by atoms with Gasteiger partial charge in [-0.15, -0.1) is 0 Å². The minimum Gasteiger partial charge on any atom is -0.376 e. The number of benzene rings is 1. The van der Waals surface area contributed by atoms with Crippen LogP contribution in [0.3, 0.4) is 0 Å². The Morgan fingerprint density at radius 3 is 2.59 bits per heavy atom. The molecule has 0 radical (unpaired) electrons. The Bertz CT molecular complexity index is 508. The Labute approximate surface area is 130 Å². The van der Waals surface area contributed by atoms with Crippen LogP contribution in [0.15, 0.2) is 24.3 Å². The summed E-state index contributed by atoms with van der Waals surface area (Å²) in [4.78, 5) is 25.5. The Morgan fingerprint density at radius 1 is 1.27 bits per heavy atom. The molecule has 0 aliphatic carbocycles. The van der Waals surface area contributed by atoms with Crippen molar-refractivity contribution in [1.29, 1.82) is 0 Å². The maximum atomic E-state index is 12.0. The normalized spacial score (nSPS) is 17.5. The van der Waals surface area contributed by atoms with Crippen LogP contribution < -0.4 is 10.6 Å². The SMILES string of the molecule is CN(C)CC(=O)Nc1ccc(C(=O)NCC2CCCO2)cc1. The van der Waals surface area contributed by atoms with E-state index in [-0.39, 0.29) is 17.9 Å². The fourth-order valence-corrected chi connectivity index (χ4v) is 2.31. The summed E-state index contributed by atoms with van der Waals surface area (Å²) in [5.74, 6) is -0.206. The van der Waals surface area contributed by atoms with Crippen LogP contribution in [0, 0.1) is 0 Å². The summed E-state index contributed by atoms with van der Waals surface area (Å²) >= 11 is 0. The fraction of sp³-hybridized carbons (Fsp3) is 0.500. The zero-order chi connectivity index (χ0) is 15.9. The van der Waals surface area contributed by atoms with Gasteiger partial charge in [0.25, 0.3) is 5.91 Å². The molecule has 0 saturated carbocycles. The maximum Gasteiger partial charge on any atom is 0.251 e. The van der Waals surface area contributed by atoms with Crippen molar-refractivity contribution in [3.8, 4) is 0 Å². The molecule has 1 atom stereocenters. The number of rotatable bonds is 6. The van der Waals surface area contributed by atoms with Crippen LogP contribution in [0.4, 0.5) is 5.69 Å². The van der Waals surface area contributed by atoms with Gasteiger partial charge in [-0.3, -0.25) is 9.59 Å². The molecule has 0 aromatic heterocycles. The molecule has 1 saturated heterocycles. The van der Waals surface area contributed by atoms with Gasteiger partial charge < -0.3 is 20.3 Å². The summed E-state index contributed by atoms with van der Waals surface area (Å²) < 4.78 is 5.47. The van der Waals surface area contributed by atoms with Crippen molar-refractivity contribution in [2.24, 2.45) is 0 Å². The molecule has 1 aromatic carbocycles. The molecule has 0 spiro atoms. The molecule has 0 bridgehead atoms. The molecule has 6 heteroatoms. The zero-order valence-corrected chi connectivity index (χ0v) is 13.1. The van der Waals surface area contributed by atoms with Gasteiger partial charge in [-0.1, -0.05) is 0 Å². The second kappa shape index (κ2) is 7.91. The summed E-state index contributed by atoms with van der Waals surface area (Å²) in [7, 11) is 3.67. The number of likely N-dealkylation sites (N-methyl/N-ethyl adjacent to an activating group) is 1. The monoisotopic (exact) mass is 305 g/mol. The van der Waals surface area contributed by atoms with E-state index in [1.165, 1.54) is 0 Å². The predicted octanol–water partition coefficient (Wildman–Crippen LogP) is 1.10. The first-order chi connectivity index (χ1) is 10.5. The van der Waals surface area contributed by atoms with Gasteiger partial charge in [-0.05, 0) is 51.2 Å². The molecular formula is C16H23N3O3. The standard InChI is InChI=1S/C16H23N3O3/c1-19(2)11-15(20)18-13-7-5-12(6-8-13)16(21)17-10-14-4-3-9-22-14/h5-8,14H,3-4,9-11H2,1-2H3,(H,17,21)(H,18,20). The average Bonchev–Trinajstić information content (AvgIpc) is 2.98. The zero-order valence-electron chi connectivity index (χ0n) is 13.1. The van der Waals surface area contributed by atoms with Crippen LogP contribution in [0.2, 0.25) is 0 Å². The Morgan fingerprint density at radius 2 is 2.00 bits per heavy atom. The lowest BCUT2D eigenvalue weighted by molar-refractivity contribution is -0.116. The van der Waals surface area contributed by atoms with Gasteiger partial charge in [-0.2, -0.15) is 0 Å². The Kier molecular flexibility index (Phi) is 5.91. The minimum atomic E-state index is -0.123. The number of hydrogen-bond donors (Lipinski definition) is 2. The van der Waals surface area contributed by atoms with Gasteiger partial charge in [0.1, 0.15) is 0 Å². The maximum absolute atomic E-state index is 12.0. The average molecular weight is 305 g/mol. The number of hydrogen-bond acceptors (Lipinski definition) is 4. The van der Waals surface area contributed by atoms with E-state index in [1.54, 1.807) is 29.2 Å². The number of ether oxygens (including phenoxy) is 1. The third-order valence-corrected chi connectivity index (χ3v) is 3.40. The van der Waals surface area contributed by atoms with Crippen molar-refractivity contribution in [3.05, 3.63) is 29.8 Å². The van der Waals surface area contributed by atoms with Crippen molar-refractivity contribution >= 4 is 17.5 Å². The van der Waals surface area contributed by atoms with Gasteiger partial charge in [0, 0.05) is 24.4 Å². The van der Waals surface area contributed by atoms with E-state index in [0.29, 0.717) is 24.3 Å². The van der Waals surface area contributed by atoms with E-state index in [1.807, 2.05) is 14.1 Å². The molecular weight excluding hydrogens is 282 g/mol. The lowest BCUT2D eigenvalue weighted by Gasteiger charge is -2.12. The summed E-state index contributed by atoms with van der Waals surface area (Å²) in [6.45, 7) is 1.64. The molecule has 2 N–H and O–H groups in total. The third-order valence-electron chi connectivity index (χ3n) is 3.40. The third kappa shape index (κ3) is 5.13. The topological polar surface area (TPSA) is 70.7 Å². The van der Waals surface area contributed by atoms with Gasteiger partial charge in [0.2, 0.25) is 5.91 Å². The molecule has 1 fully saturated rings. The first-order valence-corrected chi connectivity index (χ1v) is 7.49. The smallest absolute Gasteiger partial charge is 0.251 e. The van der Waals surface area contributed by atoms with Crippen LogP contribution in [-0.4, -0.2) is 56.6 Å². The van der Waals surface area contributed by atoms with Gasteiger partial charge in [-0.25, -0.2) is 0 Å². The number of carbonyl (C=O) groups is 2. The molecule has 1 aliphatic rings. The second-order valence-corrected chi connectivity index (χ2v) is 5.71. The first-order valence-electron chi connectivity index (χ1n) is 7.49. The van der Waals surface area contributed by atoms with Crippen molar-refractivity contribution < 1.29 is 14.3 Å². The van der Waals surface area contributed by atoms with Crippen LogP contribution in [0.1, 0.15) is 23.2 Å². The van der Waals surface area contributed by atoms with Crippen molar-refractivity contribution in [2.45, 2.75) is 18.9 Å². The van der Waals surface area contributed by atoms with E-state index >= 15 is 0 Å². The van der Waals surface area contributed by atoms with E-state index < -0.39 is 0 Å². The van der Waals surface area contributed by atoms with Gasteiger partial charge in [0.15, 0.2) is 0 Å². The number of nitrogens with zero attached hydrogens (tertiary/aromatic N) is 1. The number of carbonyl (C=O) groups excluding carboxylic acids is 2. The van der Waals surface area contributed by atoms with Gasteiger partial charge >= 0.3 is 0 Å². The minimum absolute atomic E-state index is 0.0828. The van der Waals surface area contributed by atoms with E-state index in [2.05, 4.69) is 10.6 Å². The van der Waals surface area contributed by atoms with E-state index in [9.17, 15) is 9.59 Å². The van der Waals surface area contributed by atoms with Crippen molar-refractivity contribution in [3.63, 3.8) is 0 Å². The molecule has 1 aliphatic heterocycles. The van der Waals surface area contributed by atoms with Crippen LogP contribution >= 0.6 is 0 Å². The predicted molar refractivity (Wildman–Crippen MR) is 84.9 cm³/mol. The molecule has 1 aromatic rings. The molecule has 120 valence electrons. The molecule has 6 nitrogen and oxygen atoms in total. The first kappa shape index (κ1) is 16.5. The quantitative estimate of drug-likeness (QED) is 0.825. The second-order valence-electron chi connectivity index (χ2n) is 5.71. The fourth-order valence-electron chi connectivity index (χ4n) is 2.31. The Hall–Kier alpha value is -1.92. The van der Waals surface area contributed by atoms with Crippen LogP contribution in [-0.2, 0) is 9.53 Å².